The quantitative estimate of drug-likeness (QED) is 0.403. The van der Waals surface area contributed by atoms with Gasteiger partial charge in [-0.3, -0.25) is 0 Å². The van der Waals surface area contributed by atoms with Crippen molar-refractivity contribution in [3.8, 4) is 11.4 Å². The van der Waals surface area contributed by atoms with Crippen LogP contribution in [0.15, 0.2) is 85.2 Å². The third-order valence-electron chi connectivity index (χ3n) is 3.94. The zero-order chi connectivity index (χ0) is 19.2. The zero-order valence-electron chi connectivity index (χ0n) is 14.9. The molecule has 4 aromatic rings. The Morgan fingerprint density at radius 2 is 1.61 bits per heavy atom. The summed E-state index contributed by atoms with van der Waals surface area (Å²) in [4.78, 5) is 24.0. The predicted molar refractivity (Wildman–Crippen MR) is 111 cm³/mol. The third kappa shape index (κ3) is 4.34. The molecule has 0 unspecified atom stereocenters. The molecule has 0 radical (unpaired) electrons. The highest BCUT2D eigenvalue weighted by atomic mass is 16.2. The topological polar surface area (TPSA) is 94.7 Å². The van der Waals surface area contributed by atoms with E-state index in [2.05, 4.69) is 30.9 Å². The first-order chi connectivity index (χ1) is 13.8. The van der Waals surface area contributed by atoms with Gasteiger partial charge in [-0.2, -0.15) is 0 Å². The van der Waals surface area contributed by atoms with Gasteiger partial charge in [-0.25, -0.2) is 14.8 Å². The Morgan fingerprint density at radius 1 is 0.821 bits per heavy atom. The molecule has 0 spiro atoms. The molecule has 28 heavy (non-hydrogen) atoms. The van der Waals surface area contributed by atoms with Crippen molar-refractivity contribution in [2.24, 2.45) is 0 Å². The van der Waals surface area contributed by atoms with E-state index in [-0.39, 0.29) is 6.03 Å². The van der Waals surface area contributed by atoms with Crippen LogP contribution in [0.3, 0.4) is 0 Å². The van der Waals surface area contributed by atoms with Crippen LogP contribution in [0.5, 0.6) is 0 Å². The Labute approximate surface area is 161 Å². The molecule has 7 nitrogen and oxygen atoms in total. The lowest BCUT2D eigenvalue weighted by molar-refractivity contribution is 0.262. The second kappa shape index (κ2) is 8.05. The summed E-state index contributed by atoms with van der Waals surface area (Å²) in [5.74, 6) is 0.470. The van der Waals surface area contributed by atoms with Crippen molar-refractivity contribution in [1.29, 1.82) is 0 Å². The number of amides is 2. The molecular formula is C21H18N6O. The normalized spacial score (nSPS) is 10.3. The zero-order valence-corrected chi connectivity index (χ0v) is 14.9. The van der Waals surface area contributed by atoms with Gasteiger partial charge in [-0.15, -0.1) is 0 Å². The van der Waals surface area contributed by atoms with Crippen LogP contribution in [0, 0.1) is 0 Å². The molecule has 4 rings (SSSR count). The summed E-state index contributed by atoms with van der Waals surface area (Å²) in [7, 11) is 0. The van der Waals surface area contributed by atoms with Gasteiger partial charge >= 0.3 is 6.03 Å². The summed E-state index contributed by atoms with van der Waals surface area (Å²) >= 11 is 0. The number of benzene rings is 2. The minimum Gasteiger partial charge on any atom is -0.360 e. The van der Waals surface area contributed by atoms with Gasteiger partial charge < -0.3 is 20.9 Å². The molecule has 2 amide bonds. The molecule has 7 heteroatoms. The molecule has 0 aliphatic heterocycles. The van der Waals surface area contributed by atoms with Crippen LogP contribution in [-0.4, -0.2) is 21.0 Å². The number of hydrogen-bond acceptors (Lipinski definition) is 4. The summed E-state index contributed by atoms with van der Waals surface area (Å²) in [5, 5.41) is 8.76. The van der Waals surface area contributed by atoms with Crippen LogP contribution in [-0.2, 0) is 0 Å². The molecule has 138 valence electrons. The highest BCUT2D eigenvalue weighted by molar-refractivity contribution is 6.00. The average Bonchev–Trinajstić information content (AvgIpc) is 3.24. The Bertz CT molecular complexity index is 1060. The van der Waals surface area contributed by atoms with Crippen LogP contribution in [0.4, 0.5) is 27.8 Å². The fourth-order valence-corrected chi connectivity index (χ4v) is 2.68. The van der Waals surface area contributed by atoms with Gasteiger partial charge in [0.15, 0.2) is 0 Å². The van der Waals surface area contributed by atoms with E-state index in [0.29, 0.717) is 11.6 Å². The van der Waals surface area contributed by atoms with Crippen molar-refractivity contribution in [3.63, 3.8) is 0 Å². The van der Waals surface area contributed by atoms with Crippen molar-refractivity contribution >= 4 is 29.0 Å². The number of aromatic amines is 1. The fourth-order valence-electron chi connectivity index (χ4n) is 2.68. The number of urea groups is 1. The Hall–Kier alpha value is -4.13. The first-order valence-corrected chi connectivity index (χ1v) is 8.73. The van der Waals surface area contributed by atoms with Gasteiger partial charge in [-0.05, 0) is 48.5 Å². The molecule has 0 fully saturated rings. The minimum atomic E-state index is -0.312. The van der Waals surface area contributed by atoms with E-state index >= 15 is 0 Å². The Balaban J connectivity index is 1.44. The number of para-hydroxylation sites is 1. The number of anilines is 4. The van der Waals surface area contributed by atoms with Crippen LogP contribution in [0.2, 0.25) is 0 Å². The molecule has 2 heterocycles. The number of carbonyl (C=O) groups is 1. The lowest BCUT2D eigenvalue weighted by Gasteiger charge is -2.10. The number of hydrogen-bond donors (Lipinski definition) is 4. The van der Waals surface area contributed by atoms with Crippen molar-refractivity contribution in [2.45, 2.75) is 0 Å². The summed E-state index contributed by atoms with van der Waals surface area (Å²) < 4.78 is 0. The maximum absolute atomic E-state index is 12.2. The molecule has 0 atom stereocenters. The second-order valence-corrected chi connectivity index (χ2v) is 6.00. The molecular weight excluding hydrogens is 352 g/mol. The number of nitrogens with zero attached hydrogens (tertiary/aromatic N) is 2. The maximum atomic E-state index is 12.2. The minimum absolute atomic E-state index is 0.312. The SMILES string of the molecule is O=C(Nc1ccccc1)Nc1cccc(Nc2nccc(-c3ccc[nH]3)n2)c1. The molecule has 2 aromatic heterocycles. The number of H-pyrrole nitrogens is 1. The van der Waals surface area contributed by atoms with Crippen molar-refractivity contribution in [2.75, 3.05) is 16.0 Å². The van der Waals surface area contributed by atoms with E-state index in [0.717, 1.165) is 22.8 Å². The number of carbonyl (C=O) groups excluding carboxylic acids is 1. The molecule has 0 aliphatic carbocycles. The Morgan fingerprint density at radius 3 is 2.43 bits per heavy atom. The van der Waals surface area contributed by atoms with Gasteiger partial charge in [0.1, 0.15) is 0 Å². The average molecular weight is 370 g/mol. The molecule has 0 saturated carbocycles. The predicted octanol–water partition coefficient (Wildman–Crippen LogP) is 4.86. The number of rotatable bonds is 5. The lowest BCUT2D eigenvalue weighted by Crippen LogP contribution is -2.19. The van der Waals surface area contributed by atoms with Crippen LogP contribution in [0.25, 0.3) is 11.4 Å². The second-order valence-electron chi connectivity index (χ2n) is 6.00. The van der Waals surface area contributed by atoms with E-state index < -0.39 is 0 Å². The summed E-state index contributed by atoms with van der Waals surface area (Å²) in [6.07, 6.45) is 3.54. The van der Waals surface area contributed by atoms with E-state index in [1.165, 1.54) is 0 Å². The van der Waals surface area contributed by atoms with Crippen LogP contribution >= 0.6 is 0 Å². The van der Waals surface area contributed by atoms with E-state index in [1.54, 1.807) is 6.20 Å². The first kappa shape index (κ1) is 17.3. The fraction of sp³-hybridized carbons (Fsp3) is 0. The van der Waals surface area contributed by atoms with Crippen molar-refractivity contribution < 1.29 is 4.79 Å². The first-order valence-electron chi connectivity index (χ1n) is 8.73. The molecule has 2 aromatic carbocycles. The largest absolute Gasteiger partial charge is 0.360 e. The number of aromatic nitrogens is 3. The van der Waals surface area contributed by atoms with Gasteiger partial charge in [-0.1, -0.05) is 24.3 Å². The monoisotopic (exact) mass is 370 g/mol. The van der Waals surface area contributed by atoms with E-state index in [4.69, 9.17) is 0 Å². The van der Waals surface area contributed by atoms with Gasteiger partial charge in [0.25, 0.3) is 0 Å². The highest BCUT2D eigenvalue weighted by Gasteiger charge is 2.06. The van der Waals surface area contributed by atoms with E-state index in [1.807, 2.05) is 79.0 Å². The van der Waals surface area contributed by atoms with Gasteiger partial charge in [0, 0.05) is 29.5 Å². The summed E-state index contributed by atoms with van der Waals surface area (Å²) in [6, 6.07) is 22.0. The molecule has 0 aliphatic rings. The Kier molecular flexibility index (Phi) is 4.97. The van der Waals surface area contributed by atoms with Gasteiger partial charge in [0.2, 0.25) is 5.95 Å². The molecule has 0 saturated heterocycles. The lowest BCUT2D eigenvalue weighted by atomic mass is 10.2. The smallest absolute Gasteiger partial charge is 0.323 e. The summed E-state index contributed by atoms with van der Waals surface area (Å²) in [6.45, 7) is 0. The third-order valence-corrected chi connectivity index (χ3v) is 3.94. The number of nitrogens with one attached hydrogen (secondary N) is 4. The summed E-state index contributed by atoms with van der Waals surface area (Å²) in [5.41, 5.74) is 3.85. The van der Waals surface area contributed by atoms with Gasteiger partial charge in [0.05, 0.1) is 11.4 Å². The highest BCUT2D eigenvalue weighted by Crippen LogP contribution is 2.20. The molecule has 4 N–H and O–H groups in total. The van der Waals surface area contributed by atoms with Crippen LogP contribution in [0.1, 0.15) is 0 Å². The van der Waals surface area contributed by atoms with Crippen molar-refractivity contribution in [3.05, 3.63) is 85.2 Å². The molecule has 0 bridgehead atoms. The van der Waals surface area contributed by atoms with Crippen molar-refractivity contribution in [1.82, 2.24) is 15.0 Å². The van der Waals surface area contributed by atoms with Crippen LogP contribution < -0.4 is 16.0 Å². The maximum Gasteiger partial charge on any atom is 0.323 e. The van der Waals surface area contributed by atoms with E-state index in [9.17, 15) is 4.79 Å². The standard InChI is InChI=1S/C21H18N6O/c28-21(25-15-6-2-1-3-7-15)26-17-9-4-8-16(14-17)24-20-23-13-11-19(27-20)18-10-5-12-22-18/h1-14,22H,(H,23,24,27)(H2,25,26,28).